The van der Waals surface area contributed by atoms with Crippen LogP contribution in [0, 0.1) is 0 Å². The molecule has 1 heterocycles. The van der Waals surface area contributed by atoms with Crippen molar-refractivity contribution in [1.82, 2.24) is 5.16 Å². The Hall–Kier alpha value is -4.03. The Morgan fingerprint density at radius 3 is 2.31 bits per heavy atom. The van der Waals surface area contributed by atoms with Gasteiger partial charge in [-0.1, -0.05) is 71.4 Å². The van der Waals surface area contributed by atoms with Gasteiger partial charge in [0.05, 0.1) is 16.1 Å². The molecule has 0 saturated carbocycles. The summed E-state index contributed by atoms with van der Waals surface area (Å²) in [7, 11) is 0. The first-order valence-electron chi connectivity index (χ1n) is 9.73. The zero-order chi connectivity index (χ0) is 22.2. The van der Waals surface area contributed by atoms with E-state index in [1.807, 2.05) is 30.3 Å². The highest BCUT2D eigenvalue weighted by molar-refractivity contribution is 6.41. The standard InChI is InChI=1S/C25H14ClNO5/c26-22-19(11-10-18-21(22)24(29)17-9-5-4-8-16(17)23(18)28)25(30)31-13-15-12-20(27-32-15)14-6-2-1-3-7-14/h1-12H,13H2. The molecule has 1 aliphatic carbocycles. The number of fused-ring (bicyclic) bond motifs is 2. The summed E-state index contributed by atoms with van der Waals surface area (Å²) in [6.07, 6.45) is 0. The number of rotatable bonds is 4. The van der Waals surface area contributed by atoms with Gasteiger partial charge in [-0.25, -0.2) is 4.79 Å². The second kappa shape index (κ2) is 7.90. The average Bonchev–Trinajstić information content (AvgIpc) is 3.30. The monoisotopic (exact) mass is 443 g/mol. The van der Waals surface area contributed by atoms with Crippen LogP contribution in [0.1, 0.15) is 48.0 Å². The van der Waals surface area contributed by atoms with Gasteiger partial charge in [0.25, 0.3) is 0 Å². The van der Waals surface area contributed by atoms with Gasteiger partial charge in [-0.2, -0.15) is 0 Å². The lowest BCUT2D eigenvalue weighted by Crippen LogP contribution is -2.22. The smallest absolute Gasteiger partial charge is 0.340 e. The number of esters is 1. The highest BCUT2D eigenvalue weighted by Crippen LogP contribution is 2.34. The fourth-order valence-corrected chi connectivity index (χ4v) is 3.97. The van der Waals surface area contributed by atoms with Crippen LogP contribution in [-0.2, 0) is 11.3 Å². The predicted octanol–water partition coefficient (Wildman–Crippen LogP) is 5.13. The van der Waals surface area contributed by atoms with E-state index in [-0.39, 0.29) is 39.7 Å². The van der Waals surface area contributed by atoms with Crippen LogP contribution in [0.2, 0.25) is 5.02 Å². The van der Waals surface area contributed by atoms with Crippen LogP contribution >= 0.6 is 11.6 Å². The summed E-state index contributed by atoms with van der Waals surface area (Å²) in [5, 5.41) is 3.87. The summed E-state index contributed by atoms with van der Waals surface area (Å²) in [5.74, 6) is -1.11. The largest absolute Gasteiger partial charge is 0.454 e. The molecule has 0 bridgehead atoms. The van der Waals surface area contributed by atoms with Gasteiger partial charge in [-0.15, -0.1) is 0 Å². The molecule has 1 aliphatic rings. The summed E-state index contributed by atoms with van der Waals surface area (Å²) in [6, 6.07) is 20.4. The van der Waals surface area contributed by atoms with Crippen LogP contribution in [-0.4, -0.2) is 22.7 Å². The molecule has 7 heteroatoms. The van der Waals surface area contributed by atoms with Crippen LogP contribution < -0.4 is 0 Å². The Kier molecular flexibility index (Phi) is 4.92. The number of hydrogen-bond donors (Lipinski definition) is 0. The van der Waals surface area contributed by atoms with E-state index in [0.717, 1.165) is 5.56 Å². The number of nitrogens with zero attached hydrogens (tertiary/aromatic N) is 1. The van der Waals surface area contributed by atoms with Gasteiger partial charge in [-0.3, -0.25) is 9.59 Å². The molecule has 32 heavy (non-hydrogen) atoms. The Labute approximate surface area is 187 Å². The van der Waals surface area contributed by atoms with E-state index >= 15 is 0 Å². The molecule has 1 aromatic heterocycles. The van der Waals surface area contributed by atoms with Gasteiger partial charge in [0.1, 0.15) is 5.69 Å². The third-order valence-corrected chi connectivity index (χ3v) is 5.62. The van der Waals surface area contributed by atoms with Crippen LogP contribution in [0.25, 0.3) is 11.3 Å². The van der Waals surface area contributed by atoms with E-state index < -0.39 is 11.8 Å². The summed E-state index contributed by atoms with van der Waals surface area (Å²) in [5.41, 5.74) is 2.23. The molecule has 0 radical (unpaired) electrons. The van der Waals surface area contributed by atoms with Gasteiger partial charge in [0.15, 0.2) is 23.9 Å². The molecule has 0 unspecified atom stereocenters. The fraction of sp³-hybridized carbons (Fsp3) is 0.0400. The van der Waals surface area contributed by atoms with Crippen molar-refractivity contribution in [3.05, 3.63) is 111 Å². The number of benzene rings is 3. The number of ketones is 2. The summed E-state index contributed by atoms with van der Waals surface area (Å²) in [4.78, 5) is 38.4. The number of carbonyl (C=O) groups excluding carboxylic acids is 3. The van der Waals surface area contributed by atoms with Gasteiger partial charge in [-0.05, 0) is 12.1 Å². The van der Waals surface area contributed by atoms with E-state index in [2.05, 4.69) is 5.16 Å². The average molecular weight is 444 g/mol. The molecule has 0 saturated heterocycles. The quantitative estimate of drug-likeness (QED) is 0.358. The lowest BCUT2D eigenvalue weighted by Gasteiger charge is -2.19. The molecule has 0 amide bonds. The van der Waals surface area contributed by atoms with Crippen LogP contribution in [0.5, 0.6) is 0 Å². The molecule has 0 N–H and O–H groups in total. The van der Waals surface area contributed by atoms with E-state index in [1.165, 1.54) is 12.1 Å². The van der Waals surface area contributed by atoms with E-state index in [0.29, 0.717) is 17.0 Å². The summed E-state index contributed by atoms with van der Waals surface area (Å²) in [6.45, 7) is -0.165. The minimum atomic E-state index is -0.741. The number of carbonyl (C=O) groups is 3. The first-order chi connectivity index (χ1) is 15.5. The lowest BCUT2D eigenvalue weighted by atomic mass is 9.83. The van der Waals surface area contributed by atoms with E-state index in [4.69, 9.17) is 20.9 Å². The summed E-state index contributed by atoms with van der Waals surface area (Å²) >= 11 is 6.40. The summed E-state index contributed by atoms with van der Waals surface area (Å²) < 4.78 is 10.6. The maximum absolute atomic E-state index is 13.0. The molecule has 0 fully saturated rings. The third-order valence-electron chi connectivity index (χ3n) is 5.22. The Bertz CT molecular complexity index is 1390. The van der Waals surface area contributed by atoms with Gasteiger partial charge < -0.3 is 9.26 Å². The maximum Gasteiger partial charge on any atom is 0.340 e. The molecule has 156 valence electrons. The van der Waals surface area contributed by atoms with Crippen molar-refractivity contribution in [2.45, 2.75) is 6.61 Å². The molecule has 5 rings (SSSR count). The predicted molar refractivity (Wildman–Crippen MR) is 116 cm³/mol. The van der Waals surface area contributed by atoms with Crippen molar-refractivity contribution >= 4 is 29.1 Å². The SMILES string of the molecule is O=C(OCc1cc(-c2ccccc2)no1)c1ccc2c(c1Cl)C(=O)c1ccccc1C2=O. The molecule has 0 spiro atoms. The molecule has 6 nitrogen and oxygen atoms in total. The van der Waals surface area contributed by atoms with Gasteiger partial charge in [0, 0.05) is 28.3 Å². The minimum absolute atomic E-state index is 0.00579. The Morgan fingerprint density at radius 1 is 0.875 bits per heavy atom. The molecular weight excluding hydrogens is 430 g/mol. The second-order valence-electron chi connectivity index (χ2n) is 7.17. The zero-order valence-electron chi connectivity index (χ0n) is 16.5. The van der Waals surface area contributed by atoms with Crippen molar-refractivity contribution < 1.29 is 23.6 Å². The highest BCUT2D eigenvalue weighted by atomic mass is 35.5. The van der Waals surface area contributed by atoms with Crippen molar-refractivity contribution in [3.63, 3.8) is 0 Å². The third kappa shape index (κ3) is 3.31. The van der Waals surface area contributed by atoms with Gasteiger partial charge in [0.2, 0.25) is 0 Å². The number of ether oxygens (including phenoxy) is 1. The zero-order valence-corrected chi connectivity index (χ0v) is 17.3. The van der Waals surface area contributed by atoms with Crippen LogP contribution in [0.3, 0.4) is 0 Å². The van der Waals surface area contributed by atoms with E-state index in [1.54, 1.807) is 30.3 Å². The Balaban J connectivity index is 1.38. The normalized spacial score (nSPS) is 12.3. The van der Waals surface area contributed by atoms with Crippen LogP contribution in [0.15, 0.2) is 77.3 Å². The van der Waals surface area contributed by atoms with E-state index in [9.17, 15) is 14.4 Å². The molecule has 0 aliphatic heterocycles. The highest BCUT2D eigenvalue weighted by Gasteiger charge is 2.33. The van der Waals surface area contributed by atoms with Crippen molar-refractivity contribution in [2.24, 2.45) is 0 Å². The lowest BCUT2D eigenvalue weighted by molar-refractivity contribution is 0.0437. The number of hydrogen-bond acceptors (Lipinski definition) is 6. The van der Waals surface area contributed by atoms with Crippen molar-refractivity contribution in [1.29, 1.82) is 0 Å². The minimum Gasteiger partial charge on any atom is -0.454 e. The molecule has 3 aromatic carbocycles. The molecular formula is C25H14ClNO5. The second-order valence-corrected chi connectivity index (χ2v) is 7.55. The van der Waals surface area contributed by atoms with Crippen LogP contribution in [0.4, 0.5) is 0 Å². The number of aromatic nitrogens is 1. The first kappa shape index (κ1) is 19.9. The number of halogens is 1. The van der Waals surface area contributed by atoms with Crippen molar-refractivity contribution in [3.8, 4) is 11.3 Å². The topological polar surface area (TPSA) is 86.5 Å². The first-order valence-corrected chi connectivity index (χ1v) is 10.1. The molecule has 4 aromatic rings. The Morgan fingerprint density at radius 2 is 1.56 bits per heavy atom. The van der Waals surface area contributed by atoms with Gasteiger partial charge >= 0.3 is 5.97 Å². The fourth-order valence-electron chi connectivity index (χ4n) is 3.64. The maximum atomic E-state index is 13.0. The van der Waals surface area contributed by atoms with Crippen molar-refractivity contribution in [2.75, 3.05) is 0 Å². The molecule has 0 atom stereocenters.